The van der Waals surface area contributed by atoms with E-state index in [0.717, 1.165) is 154 Å². The molecular formula is C97H59F2N5. The van der Waals surface area contributed by atoms with Crippen LogP contribution in [0.15, 0.2) is 358 Å². The van der Waals surface area contributed by atoms with Gasteiger partial charge in [0.05, 0.1) is 72.4 Å². The fourth-order valence-corrected chi connectivity index (χ4v) is 16.5. The summed E-state index contributed by atoms with van der Waals surface area (Å²) in [6.45, 7) is 0. The first-order valence-electron chi connectivity index (χ1n) is 35.1. The van der Waals surface area contributed by atoms with Gasteiger partial charge in [-0.15, -0.1) is 0 Å². The van der Waals surface area contributed by atoms with E-state index in [9.17, 15) is 5.26 Å². The second kappa shape index (κ2) is 24.2. The standard InChI is InChI=1S/C97H59F2N5/c98-82-38-23-39-83(99)92(82)93-96(103-88-50-44-69(63-28-11-3-12-29-63)56-77(88)78-57-70(45-51-89(78)103)64-30-13-4-14-31-64)94(101-84-40-21-19-36-73(84)74-37-20-22-41-85(74)101)81(60-100)95(102-86-48-42-67(61-24-7-1-8-25-61)54-75(86)76-55-68(43-49-87(76)102)62-26-9-2-10-27-62)97(93)104-90-52-46-71(65-32-15-5-16-33-65)58-79(90)80-59-72(47-53-91(80)104)66-34-17-6-18-35-66/h1-59H. The van der Waals surface area contributed by atoms with Gasteiger partial charge < -0.3 is 18.3 Å². The Kier molecular flexibility index (Phi) is 14.0. The van der Waals surface area contributed by atoms with E-state index in [2.05, 4.69) is 303 Å². The molecule has 0 spiro atoms. The van der Waals surface area contributed by atoms with Crippen LogP contribution in [-0.2, 0) is 0 Å². The van der Waals surface area contributed by atoms with Crippen LogP contribution in [0, 0.1) is 23.0 Å². The molecule has 0 atom stereocenters. The predicted octanol–water partition coefficient (Wildman–Crippen LogP) is 25.9. The monoisotopic (exact) mass is 1330 g/mol. The summed E-state index contributed by atoms with van der Waals surface area (Å²) in [7, 11) is 0. The van der Waals surface area contributed by atoms with Gasteiger partial charge in [0.15, 0.2) is 0 Å². The van der Waals surface area contributed by atoms with Crippen LogP contribution >= 0.6 is 0 Å². The Morgan fingerprint density at radius 3 is 0.663 bits per heavy atom. The summed E-state index contributed by atoms with van der Waals surface area (Å²) in [4.78, 5) is 0. The van der Waals surface area contributed by atoms with Crippen molar-refractivity contribution in [2.24, 2.45) is 0 Å². The van der Waals surface area contributed by atoms with Gasteiger partial charge in [-0.1, -0.05) is 261 Å². The summed E-state index contributed by atoms with van der Waals surface area (Å²) in [5.74, 6) is -1.56. The minimum Gasteiger partial charge on any atom is -0.306 e. The molecule has 0 aliphatic rings. The van der Waals surface area contributed by atoms with Crippen LogP contribution in [-0.4, -0.2) is 18.3 Å². The van der Waals surface area contributed by atoms with Gasteiger partial charge in [0.25, 0.3) is 0 Å². The minimum atomic E-state index is -0.782. The predicted molar refractivity (Wildman–Crippen MR) is 426 cm³/mol. The second-order valence-electron chi connectivity index (χ2n) is 26.8. The molecule has 0 saturated heterocycles. The fourth-order valence-electron chi connectivity index (χ4n) is 16.5. The molecule has 7 heteroatoms. The third-order valence-corrected chi connectivity index (χ3v) is 21.1. The summed E-state index contributed by atoms with van der Waals surface area (Å²) in [6.07, 6.45) is 0. The van der Waals surface area contributed by atoms with Gasteiger partial charge in [-0.05, 0) is 164 Å². The molecule has 0 aliphatic carbocycles. The summed E-state index contributed by atoms with van der Waals surface area (Å²) in [5.41, 5.74) is 20.2. The van der Waals surface area contributed by atoms with Gasteiger partial charge >= 0.3 is 0 Å². The van der Waals surface area contributed by atoms with Gasteiger partial charge in [-0.3, -0.25) is 0 Å². The molecule has 486 valence electrons. The molecule has 0 radical (unpaired) electrons. The molecule has 0 saturated carbocycles. The molecule has 4 heterocycles. The number of halogens is 2. The van der Waals surface area contributed by atoms with E-state index in [1.165, 1.54) is 18.2 Å². The summed E-state index contributed by atoms with van der Waals surface area (Å²) in [6, 6.07) is 125. The highest BCUT2D eigenvalue weighted by Crippen LogP contribution is 2.54. The Morgan fingerprint density at radius 2 is 0.413 bits per heavy atom. The van der Waals surface area contributed by atoms with Crippen molar-refractivity contribution >= 4 is 87.2 Å². The number of para-hydroxylation sites is 2. The number of rotatable bonds is 11. The largest absolute Gasteiger partial charge is 0.306 e. The van der Waals surface area contributed by atoms with Crippen molar-refractivity contribution in [1.82, 2.24) is 18.3 Å². The van der Waals surface area contributed by atoms with Crippen LogP contribution in [0.3, 0.4) is 0 Å². The van der Waals surface area contributed by atoms with Crippen LogP contribution in [0.5, 0.6) is 0 Å². The van der Waals surface area contributed by atoms with Crippen molar-refractivity contribution in [3.05, 3.63) is 375 Å². The van der Waals surface area contributed by atoms with E-state index in [1.54, 1.807) is 0 Å². The van der Waals surface area contributed by atoms with E-state index in [1.807, 2.05) is 60.7 Å². The number of nitriles is 1. The van der Waals surface area contributed by atoms with Crippen molar-refractivity contribution in [3.63, 3.8) is 0 Å². The maximum absolute atomic E-state index is 19.2. The third kappa shape index (κ3) is 9.43. The van der Waals surface area contributed by atoms with Crippen LogP contribution in [0.4, 0.5) is 8.78 Å². The van der Waals surface area contributed by atoms with Gasteiger partial charge in [0, 0.05) is 48.7 Å². The number of aromatic nitrogens is 4. The lowest BCUT2D eigenvalue weighted by Gasteiger charge is -2.29. The SMILES string of the molecule is N#Cc1c(-n2c3ccccc3c3ccccc32)c(-n2c3ccc(-c4ccccc4)cc3c3cc(-c4ccccc4)ccc32)c(-c2c(F)cccc2F)c(-n2c3ccc(-c4ccccc4)cc3c3cc(-c4ccccc4)ccc32)c1-n1c2ccc(-c3ccccc3)cc2c2cc(-c3ccccc3)ccc21. The molecule has 0 N–H and O–H groups in total. The number of nitrogens with zero attached hydrogens (tertiary/aromatic N) is 5. The minimum absolute atomic E-state index is 0.222. The first kappa shape index (κ1) is 60.1. The van der Waals surface area contributed by atoms with E-state index in [-0.39, 0.29) is 16.7 Å². The van der Waals surface area contributed by atoms with Gasteiger partial charge in [0.1, 0.15) is 23.3 Å². The van der Waals surface area contributed by atoms with E-state index in [4.69, 9.17) is 0 Å². The van der Waals surface area contributed by atoms with Crippen molar-refractivity contribution in [3.8, 4) is 107 Å². The molecule has 5 nitrogen and oxygen atoms in total. The Balaban J connectivity index is 1.07. The fraction of sp³-hybridized carbons (Fsp3) is 0. The molecule has 104 heavy (non-hydrogen) atoms. The van der Waals surface area contributed by atoms with Crippen LogP contribution in [0.1, 0.15) is 5.56 Å². The van der Waals surface area contributed by atoms with Crippen molar-refractivity contribution in [2.45, 2.75) is 0 Å². The molecule has 4 aromatic heterocycles. The van der Waals surface area contributed by atoms with Gasteiger partial charge in [-0.25, -0.2) is 8.78 Å². The van der Waals surface area contributed by atoms with Crippen molar-refractivity contribution in [2.75, 3.05) is 0 Å². The molecule has 16 aromatic carbocycles. The average molecular weight is 1330 g/mol. The number of fused-ring (bicyclic) bond motifs is 12. The lowest BCUT2D eigenvalue weighted by Crippen LogP contribution is -2.17. The number of hydrogen-bond donors (Lipinski definition) is 0. The highest BCUT2D eigenvalue weighted by Gasteiger charge is 2.37. The molecule has 0 bridgehead atoms. The topological polar surface area (TPSA) is 43.5 Å². The quantitative estimate of drug-likeness (QED) is 0.127. The molecule has 0 amide bonds. The molecule has 0 unspecified atom stereocenters. The normalized spacial score (nSPS) is 11.7. The first-order chi connectivity index (χ1) is 51.4. The zero-order valence-electron chi connectivity index (χ0n) is 56.1. The summed E-state index contributed by atoms with van der Waals surface area (Å²) >= 11 is 0. The van der Waals surface area contributed by atoms with Crippen LogP contribution in [0.25, 0.3) is 188 Å². The Labute approximate surface area is 597 Å². The lowest BCUT2D eigenvalue weighted by atomic mass is 9.92. The van der Waals surface area contributed by atoms with E-state index < -0.39 is 11.6 Å². The van der Waals surface area contributed by atoms with E-state index in [0.29, 0.717) is 22.7 Å². The third-order valence-electron chi connectivity index (χ3n) is 21.1. The second-order valence-corrected chi connectivity index (χ2v) is 26.8. The summed E-state index contributed by atoms with van der Waals surface area (Å²) < 4.78 is 47.3. The van der Waals surface area contributed by atoms with Crippen molar-refractivity contribution in [1.29, 1.82) is 5.26 Å². The molecule has 20 aromatic rings. The molecule has 0 aliphatic heterocycles. The molecule has 20 rings (SSSR count). The maximum atomic E-state index is 19.2. The Morgan fingerprint density at radius 1 is 0.192 bits per heavy atom. The van der Waals surface area contributed by atoms with Gasteiger partial charge in [-0.2, -0.15) is 5.26 Å². The highest BCUT2D eigenvalue weighted by atomic mass is 19.1. The first-order valence-corrected chi connectivity index (χ1v) is 35.1. The van der Waals surface area contributed by atoms with Crippen LogP contribution in [0.2, 0.25) is 0 Å². The lowest BCUT2D eigenvalue weighted by molar-refractivity contribution is 0.589. The zero-order valence-corrected chi connectivity index (χ0v) is 56.1. The highest BCUT2D eigenvalue weighted by molar-refractivity contribution is 6.19. The Hall–Kier alpha value is -13.9. The average Bonchev–Trinajstić information content (AvgIpc) is 1.44. The zero-order chi connectivity index (χ0) is 69.1. The molecular weight excluding hydrogens is 1270 g/mol. The number of benzene rings is 16. The van der Waals surface area contributed by atoms with Crippen LogP contribution < -0.4 is 0 Å². The van der Waals surface area contributed by atoms with E-state index >= 15 is 8.78 Å². The van der Waals surface area contributed by atoms with Crippen molar-refractivity contribution < 1.29 is 8.78 Å². The molecule has 0 fully saturated rings. The Bertz CT molecular complexity index is 6540. The summed E-state index contributed by atoms with van der Waals surface area (Å²) in [5, 5.41) is 20.9. The smallest absolute Gasteiger partial charge is 0.134 e. The van der Waals surface area contributed by atoms with Gasteiger partial charge in [0.2, 0.25) is 0 Å². The number of hydrogen-bond acceptors (Lipinski definition) is 1. The maximum Gasteiger partial charge on any atom is 0.134 e.